The van der Waals surface area contributed by atoms with Crippen LogP contribution in [0.1, 0.15) is 21.1 Å². The maximum Gasteiger partial charge on any atom is 0.271 e. The summed E-state index contributed by atoms with van der Waals surface area (Å²) in [6.07, 6.45) is 5.86. The van der Waals surface area contributed by atoms with Crippen molar-refractivity contribution in [3.63, 3.8) is 0 Å². The molecule has 0 saturated carbocycles. The molecule has 2 rings (SSSR count). The molecule has 2 amide bonds. The van der Waals surface area contributed by atoms with Crippen LogP contribution in [0.15, 0.2) is 36.0 Å². The summed E-state index contributed by atoms with van der Waals surface area (Å²) in [5.41, 5.74) is 5.65. The summed E-state index contributed by atoms with van der Waals surface area (Å²) in [5, 5.41) is 2.77. The zero-order valence-corrected chi connectivity index (χ0v) is 11.5. The Hall–Kier alpha value is -2.54. The molecular formula is C13H12N4O2S. The Labute approximate surface area is 119 Å². The largest absolute Gasteiger partial charge is 0.271 e. The van der Waals surface area contributed by atoms with E-state index in [0.717, 1.165) is 5.01 Å². The summed E-state index contributed by atoms with van der Waals surface area (Å²) in [7, 11) is 0. The smallest absolute Gasteiger partial charge is 0.268 e. The number of thiazole rings is 1. The van der Waals surface area contributed by atoms with E-state index in [4.69, 9.17) is 0 Å². The van der Waals surface area contributed by atoms with Gasteiger partial charge in [0.2, 0.25) is 0 Å². The quantitative estimate of drug-likeness (QED) is 0.659. The number of hydrazine groups is 1. The summed E-state index contributed by atoms with van der Waals surface area (Å²) in [6, 6.07) is 3.24. The molecule has 2 heterocycles. The first-order valence-electron chi connectivity index (χ1n) is 5.76. The molecule has 0 spiro atoms. The van der Waals surface area contributed by atoms with Crippen molar-refractivity contribution < 1.29 is 9.59 Å². The zero-order valence-electron chi connectivity index (χ0n) is 10.7. The van der Waals surface area contributed by atoms with E-state index in [1.807, 2.05) is 12.3 Å². The Kier molecular flexibility index (Phi) is 4.56. The third kappa shape index (κ3) is 3.99. The van der Waals surface area contributed by atoms with E-state index < -0.39 is 11.8 Å². The van der Waals surface area contributed by atoms with Crippen molar-refractivity contribution in [2.24, 2.45) is 0 Å². The summed E-state index contributed by atoms with van der Waals surface area (Å²) in [6.45, 7) is 1.89. The molecule has 0 fully saturated rings. The van der Waals surface area contributed by atoms with Crippen LogP contribution in [0.2, 0.25) is 0 Å². The number of rotatable bonds is 3. The van der Waals surface area contributed by atoms with Gasteiger partial charge >= 0.3 is 0 Å². The third-order valence-electron chi connectivity index (χ3n) is 2.27. The lowest BCUT2D eigenvalue weighted by Crippen LogP contribution is -2.40. The van der Waals surface area contributed by atoms with Crippen LogP contribution in [0.25, 0.3) is 6.08 Å². The topological polar surface area (TPSA) is 84.0 Å². The average molecular weight is 288 g/mol. The number of nitrogens with one attached hydrogen (secondary N) is 2. The molecule has 0 saturated heterocycles. The predicted molar refractivity (Wildman–Crippen MR) is 75.7 cm³/mol. The first kappa shape index (κ1) is 13.9. The van der Waals surface area contributed by atoms with Gasteiger partial charge in [-0.2, -0.15) is 0 Å². The van der Waals surface area contributed by atoms with E-state index in [-0.39, 0.29) is 0 Å². The Bertz CT molecular complexity index is 637. The highest BCUT2D eigenvalue weighted by molar-refractivity contribution is 7.09. The van der Waals surface area contributed by atoms with Gasteiger partial charge in [-0.05, 0) is 25.1 Å². The average Bonchev–Trinajstić information content (AvgIpc) is 2.89. The number of pyridine rings is 1. The normalized spacial score (nSPS) is 10.4. The van der Waals surface area contributed by atoms with Crippen molar-refractivity contribution in [3.05, 3.63) is 52.2 Å². The molecule has 2 aromatic heterocycles. The molecule has 2 N–H and O–H groups in total. The molecule has 6 nitrogen and oxygen atoms in total. The van der Waals surface area contributed by atoms with Crippen LogP contribution >= 0.6 is 11.3 Å². The minimum atomic E-state index is -0.437. The molecule has 0 atom stereocenters. The lowest BCUT2D eigenvalue weighted by Gasteiger charge is -2.04. The maximum atomic E-state index is 11.6. The molecule has 0 radical (unpaired) electrons. The highest BCUT2D eigenvalue weighted by Crippen LogP contribution is 2.08. The van der Waals surface area contributed by atoms with Gasteiger partial charge in [-0.15, -0.1) is 11.3 Å². The van der Waals surface area contributed by atoms with Gasteiger partial charge in [0, 0.05) is 23.8 Å². The molecule has 7 heteroatoms. The van der Waals surface area contributed by atoms with Crippen LogP contribution in [-0.2, 0) is 4.79 Å². The van der Waals surface area contributed by atoms with Crippen molar-refractivity contribution in [2.75, 3.05) is 0 Å². The Morgan fingerprint density at radius 2 is 2.20 bits per heavy atom. The second-order valence-corrected chi connectivity index (χ2v) is 4.87. The van der Waals surface area contributed by atoms with E-state index >= 15 is 0 Å². The molecule has 0 aliphatic carbocycles. The highest BCUT2D eigenvalue weighted by Gasteiger charge is 2.05. The monoisotopic (exact) mass is 288 g/mol. The Morgan fingerprint density at radius 3 is 2.85 bits per heavy atom. The van der Waals surface area contributed by atoms with Crippen LogP contribution < -0.4 is 10.9 Å². The summed E-state index contributed by atoms with van der Waals surface area (Å²) >= 11 is 1.50. The van der Waals surface area contributed by atoms with Gasteiger partial charge in [-0.1, -0.05) is 0 Å². The Balaban J connectivity index is 1.83. The minimum absolute atomic E-state index is 0.368. The molecule has 20 heavy (non-hydrogen) atoms. The van der Waals surface area contributed by atoms with Crippen molar-refractivity contribution in [1.29, 1.82) is 0 Å². The predicted octanol–water partition coefficient (Wildman–Crippen LogP) is 1.32. The number of hydrogen-bond acceptors (Lipinski definition) is 5. The Morgan fingerprint density at radius 1 is 1.35 bits per heavy atom. The van der Waals surface area contributed by atoms with Crippen LogP contribution in [0.3, 0.4) is 0 Å². The van der Waals surface area contributed by atoms with Crippen LogP contribution in [0.4, 0.5) is 0 Å². The van der Waals surface area contributed by atoms with Crippen molar-refractivity contribution >= 4 is 29.2 Å². The van der Waals surface area contributed by atoms with Crippen molar-refractivity contribution in [2.45, 2.75) is 6.92 Å². The fraction of sp³-hybridized carbons (Fsp3) is 0.0769. The number of carbonyl (C=O) groups excluding carboxylic acids is 2. The fourth-order valence-corrected chi connectivity index (χ4v) is 1.93. The molecule has 102 valence electrons. The van der Waals surface area contributed by atoms with Gasteiger partial charge in [-0.3, -0.25) is 25.4 Å². The summed E-state index contributed by atoms with van der Waals surface area (Å²) < 4.78 is 0. The van der Waals surface area contributed by atoms with Gasteiger partial charge < -0.3 is 0 Å². The number of amides is 2. The van der Waals surface area contributed by atoms with Gasteiger partial charge in [0.05, 0.1) is 16.3 Å². The van der Waals surface area contributed by atoms with Crippen LogP contribution in [0.5, 0.6) is 0 Å². The second-order valence-electron chi connectivity index (χ2n) is 3.81. The molecular weight excluding hydrogens is 276 g/mol. The molecule has 0 unspecified atom stereocenters. The van der Waals surface area contributed by atoms with E-state index in [9.17, 15) is 9.59 Å². The van der Waals surface area contributed by atoms with Crippen LogP contribution in [0, 0.1) is 6.92 Å². The van der Waals surface area contributed by atoms with Gasteiger partial charge in [0.1, 0.15) is 0 Å². The van der Waals surface area contributed by atoms with Crippen molar-refractivity contribution in [1.82, 2.24) is 20.8 Å². The summed E-state index contributed by atoms with van der Waals surface area (Å²) in [5.74, 6) is -0.864. The molecule has 0 aliphatic heterocycles. The third-order valence-corrected chi connectivity index (χ3v) is 3.06. The highest BCUT2D eigenvalue weighted by atomic mass is 32.1. The number of aryl methyl sites for hydroxylation is 1. The molecule has 0 bridgehead atoms. The lowest BCUT2D eigenvalue weighted by molar-refractivity contribution is -0.117. The first-order chi connectivity index (χ1) is 9.65. The number of aromatic nitrogens is 2. The SMILES string of the molecule is Cc1nc(/C=C/C(=O)NNC(=O)c2cccnc2)cs1. The van der Waals surface area contributed by atoms with Gasteiger partial charge in [-0.25, -0.2) is 4.98 Å². The fourth-order valence-electron chi connectivity index (χ4n) is 1.35. The molecule has 0 aromatic carbocycles. The lowest BCUT2D eigenvalue weighted by atomic mass is 10.3. The van der Waals surface area contributed by atoms with E-state index in [1.54, 1.807) is 24.4 Å². The number of nitrogens with zero attached hydrogens (tertiary/aromatic N) is 2. The van der Waals surface area contributed by atoms with Crippen LogP contribution in [-0.4, -0.2) is 21.8 Å². The van der Waals surface area contributed by atoms with Crippen molar-refractivity contribution in [3.8, 4) is 0 Å². The van der Waals surface area contributed by atoms with Gasteiger partial charge in [0.25, 0.3) is 11.8 Å². The maximum absolute atomic E-state index is 11.6. The molecule has 2 aromatic rings. The van der Waals surface area contributed by atoms with E-state index in [2.05, 4.69) is 20.8 Å². The zero-order chi connectivity index (χ0) is 14.4. The first-order valence-corrected chi connectivity index (χ1v) is 6.63. The molecule has 0 aliphatic rings. The minimum Gasteiger partial charge on any atom is -0.268 e. The number of carbonyl (C=O) groups is 2. The van der Waals surface area contributed by atoms with Gasteiger partial charge in [0.15, 0.2) is 0 Å². The van der Waals surface area contributed by atoms with E-state index in [0.29, 0.717) is 11.3 Å². The summed E-state index contributed by atoms with van der Waals surface area (Å²) in [4.78, 5) is 31.1. The number of hydrogen-bond donors (Lipinski definition) is 2. The second kappa shape index (κ2) is 6.58. The van der Waals surface area contributed by atoms with E-state index in [1.165, 1.54) is 23.6 Å². The standard InChI is InChI=1S/C13H12N4O2S/c1-9-15-11(8-20-9)4-5-12(18)16-17-13(19)10-3-2-6-14-7-10/h2-8H,1H3,(H,16,18)(H,17,19)/b5-4+.